The molecule has 0 saturated carbocycles. The quantitative estimate of drug-likeness (QED) is 0.426. The van der Waals surface area contributed by atoms with E-state index in [-0.39, 0.29) is 29.2 Å². The van der Waals surface area contributed by atoms with Gasteiger partial charge < -0.3 is 14.6 Å². The molecule has 0 spiro atoms. The topological polar surface area (TPSA) is 115 Å². The third kappa shape index (κ3) is 6.60. The molecule has 0 aliphatic carbocycles. The molecule has 1 fully saturated rings. The maximum atomic E-state index is 13.1. The van der Waals surface area contributed by atoms with Crippen molar-refractivity contribution >= 4 is 15.9 Å². The van der Waals surface area contributed by atoms with Gasteiger partial charge >= 0.3 is 0 Å². The van der Waals surface area contributed by atoms with Crippen LogP contribution >= 0.6 is 0 Å². The zero-order valence-electron chi connectivity index (χ0n) is 22.5. The summed E-state index contributed by atoms with van der Waals surface area (Å²) >= 11 is 0. The van der Waals surface area contributed by atoms with E-state index in [2.05, 4.69) is 36.2 Å². The molecule has 1 aromatic heterocycles. The molecule has 1 aliphatic heterocycles. The van der Waals surface area contributed by atoms with Crippen LogP contribution < -0.4 is 10.1 Å². The molecule has 0 bridgehead atoms. The van der Waals surface area contributed by atoms with Crippen molar-refractivity contribution < 1.29 is 22.5 Å². The van der Waals surface area contributed by atoms with Gasteiger partial charge in [-0.1, -0.05) is 56.6 Å². The minimum Gasteiger partial charge on any atom is -0.496 e. The zero-order valence-corrected chi connectivity index (χ0v) is 23.3. The SMILES string of the molecule is COc1ccc(S(=O)(=O)N2CCCCC2)cc1CCC(=O)NCc1nc(-c2ccc(C(C)(C)C)cc2)no1. The molecule has 1 saturated heterocycles. The molecule has 0 atom stereocenters. The average molecular weight is 541 g/mol. The minimum atomic E-state index is -3.58. The summed E-state index contributed by atoms with van der Waals surface area (Å²) < 4.78 is 38.4. The number of sulfonamides is 1. The summed E-state index contributed by atoms with van der Waals surface area (Å²) in [4.78, 5) is 17.2. The standard InChI is InChI=1S/C28H36N4O5S/c1-28(2,3)22-11-8-20(9-12-22)27-30-26(37-31-27)19-29-25(33)15-10-21-18-23(13-14-24(21)36-4)38(34,35)32-16-6-5-7-17-32/h8-9,11-14,18H,5-7,10,15-17,19H2,1-4H3,(H,29,33). The number of hydrogen-bond acceptors (Lipinski definition) is 7. The lowest BCUT2D eigenvalue weighted by Crippen LogP contribution is -2.35. The van der Waals surface area contributed by atoms with E-state index in [1.54, 1.807) is 18.2 Å². The van der Waals surface area contributed by atoms with Gasteiger partial charge in [-0.05, 0) is 54.0 Å². The van der Waals surface area contributed by atoms with E-state index in [0.717, 1.165) is 24.8 Å². The Bertz CT molecular complexity index is 1350. The molecule has 10 heteroatoms. The molecule has 38 heavy (non-hydrogen) atoms. The smallest absolute Gasteiger partial charge is 0.246 e. The molecule has 2 aromatic carbocycles. The summed E-state index contributed by atoms with van der Waals surface area (Å²) in [6.45, 7) is 7.63. The van der Waals surface area contributed by atoms with Crippen LogP contribution in [-0.4, -0.2) is 49.0 Å². The van der Waals surface area contributed by atoms with Crippen LogP contribution in [0.1, 0.15) is 63.5 Å². The van der Waals surface area contributed by atoms with Crippen molar-refractivity contribution in [1.82, 2.24) is 19.8 Å². The predicted octanol–water partition coefficient (Wildman–Crippen LogP) is 4.47. The highest BCUT2D eigenvalue weighted by molar-refractivity contribution is 7.89. The molecule has 0 unspecified atom stereocenters. The highest BCUT2D eigenvalue weighted by Crippen LogP contribution is 2.28. The van der Waals surface area contributed by atoms with Gasteiger partial charge in [-0.2, -0.15) is 9.29 Å². The van der Waals surface area contributed by atoms with E-state index in [1.165, 1.54) is 17.0 Å². The Balaban J connectivity index is 1.35. The van der Waals surface area contributed by atoms with Crippen molar-refractivity contribution in [2.45, 2.75) is 69.7 Å². The van der Waals surface area contributed by atoms with E-state index in [4.69, 9.17) is 9.26 Å². The number of carbonyl (C=O) groups excluding carboxylic acids is 1. The molecule has 1 aliphatic rings. The number of benzene rings is 2. The summed E-state index contributed by atoms with van der Waals surface area (Å²) in [5, 5.41) is 6.82. The van der Waals surface area contributed by atoms with E-state index < -0.39 is 10.0 Å². The van der Waals surface area contributed by atoms with E-state index >= 15 is 0 Å². The maximum Gasteiger partial charge on any atom is 0.246 e. The van der Waals surface area contributed by atoms with Gasteiger partial charge in [0.15, 0.2) is 0 Å². The van der Waals surface area contributed by atoms with Crippen LogP contribution in [0.3, 0.4) is 0 Å². The van der Waals surface area contributed by atoms with Crippen molar-refractivity contribution in [3.05, 3.63) is 59.5 Å². The van der Waals surface area contributed by atoms with Crippen molar-refractivity contribution in [2.24, 2.45) is 0 Å². The maximum absolute atomic E-state index is 13.1. The van der Waals surface area contributed by atoms with Crippen LogP contribution in [0.2, 0.25) is 0 Å². The van der Waals surface area contributed by atoms with Crippen LogP contribution in [0, 0.1) is 0 Å². The number of hydrogen-bond donors (Lipinski definition) is 1. The van der Waals surface area contributed by atoms with Crippen LogP contribution in [0.4, 0.5) is 0 Å². The largest absolute Gasteiger partial charge is 0.496 e. The first-order chi connectivity index (χ1) is 18.1. The number of nitrogens with one attached hydrogen (secondary N) is 1. The molecule has 1 amide bonds. The number of methoxy groups -OCH3 is 1. The fraction of sp³-hybridized carbons (Fsp3) is 0.464. The molecule has 0 radical (unpaired) electrons. The van der Waals surface area contributed by atoms with Crippen molar-refractivity contribution in [3.63, 3.8) is 0 Å². The van der Waals surface area contributed by atoms with Gasteiger partial charge in [0.2, 0.25) is 27.6 Å². The molecule has 2 heterocycles. The highest BCUT2D eigenvalue weighted by atomic mass is 32.2. The fourth-order valence-corrected chi connectivity index (χ4v) is 6.01. The minimum absolute atomic E-state index is 0.0537. The van der Waals surface area contributed by atoms with Crippen molar-refractivity contribution in [1.29, 1.82) is 0 Å². The molecule has 3 aromatic rings. The predicted molar refractivity (Wildman–Crippen MR) is 144 cm³/mol. The van der Waals surface area contributed by atoms with Crippen molar-refractivity contribution in [2.75, 3.05) is 20.2 Å². The first-order valence-electron chi connectivity index (χ1n) is 13.0. The molecule has 4 rings (SSSR count). The summed E-state index contributed by atoms with van der Waals surface area (Å²) in [6.07, 6.45) is 3.26. The lowest BCUT2D eigenvalue weighted by atomic mass is 9.87. The number of carbonyl (C=O) groups is 1. The van der Waals surface area contributed by atoms with Gasteiger partial charge in [-0.15, -0.1) is 0 Å². The molecule has 9 nitrogen and oxygen atoms in total. The number of aryl methyl sites for hydroxylation is 1. The molecule has 1 N–H and O–H groups in total. The zero-order chi connectivity index (χ0) is 27.3. The van der Waals surface area contributed by atoms with Crippen LogP contribution in [0.15, 0.2) is 51.9 Å². The van der Waals surface area contributed by atoms with E-state index in [9.17, 15) is 13.2 Å². The summed E-state index contributed by atoms with van der Waals surface area (Å²) in [5.41, 5.74) is 2.77. The van der Waals surface area contributed by atoms with Crippen molar-refractivity contribution in [3.8, 4) is 17.1 Å². The monoisotopic (exact) mass is 540 g/mol. The number of aromatic nitrogens is 2. The van der Waals surface area contributed by atoms with E-state index in [0.29, 0.717) is 42.5 Å². The fourth-order valence-electron chi connectivity index (χ4n) is 4.44. The Labute approximate surface area is 224 Å². The van der Waals surface area contributed by atoms with Crippen LogP contribution in [0.25, 0.3) is 11.4 Å². The number of amides is 1. The average Bonchev–Trinajstić information content (AvgIpc) is 3.40. The van der Waals surface area contributed by atoms with Gasteiger partial charge in [0, 0.05) is 25.1 Å². The summed E-state index contributed by atoms with van der Waals surface area (Å²) in [7, 11) is -2.05. The lowest BCUT2D eigenvalue weighted by Gasteiger charge is -2.26. The summed E-state index contributed by atoms with van der Waals surface area (Å²) in [6, 6.07) is 12.9. The van der Waals surface area contributed by atoms with Gasteiger partial charge in [0.05, 0.1) is 18.6 Å². The Morgan fingerprint density at radius 3 is 2.45 bits per heavy atom. The number of piperidine rings is 1. The van der Waals surface area contributed by atoms with Gasteiger partial charge in [0.1, 0.15) is 5.75 Å². The molecular weight excluding hydrogens is 504 g/mol. The first-order valence-corrected chi connectivity index (χ1v) is 14.4. The number of rotatable bonds is 9. The second-order valence-corrected chi connectivity index (χ2v) is 12.5. The Kier molecular flexibility index (Phi) is 8.52. The lowest BCUT2D eigenvalue weighted by molar-refractivity contribution is -0.121. The third-order valence-electron chi connectivity index (χ3n) is 6.74. The molecule has 204 valence electrons. The second-order valence-electron chi connectivity index (χ2n) is 10.6. The first kappa shape index (κ1) is 27.8. The second kappa shape index (κ2) is 11.7. The van der Waals surface area contributed by atoms with E-state index in [1.807, 2.05) is 24.3 Å². The van der Waals surface area contributed by atoms with Gasteiger partial charge in [0.25, 0.3) is 0 Å². The summed E-state index contributed by atoms with van der Waals surface area (Å²) in [5.74, 6) is 1.10. The number of nitrogens with zero attached hydrogens (tertiary/aromatic N) is 3. The van der Waals surface area contributed by atoms with Gasteiger partial charge in [-0.3, -0.25) is 4.79 Å². The Morgan fingerprint density at radius 1 is 1.08 bits per heavy atom. The third-order valence-corrected chi connectivity index (χ3v) is 8.63. The number of ether oxygens (including phenoxy) is 1. The Hall–Kier alpha value is -3.24. The highest BCUT2D eigenvalue weighted by Gasteiger charge is 2.26. The van der Waals surface area contributed by atoms with Gasteiger partial charge in [-0.25, -0.2) is 8.42 Å². The normalized spacial score (nSPS) is 14.8. The Morgan fingerprint density at radius 2 is 1.79 bits per heavy atom. The molecular formula is C28H36N4O5S. The van der Waals surface area contributed by atoms with Crippen LogP contribution in [-0.2, 0) is 33.2 Å². The van der Waals surface area contributed by atoms with Crippen LogP contribution in [0.5, 0.6) is 5.75 Å².